The molecule has 2 rings (SSSR count). The van der Waals surface area contributed by atoms with Crippen LogP contribution < -0.4 is 0 Å². The fraction of sp³-hybridized carbons (Fsp3) is 0. The zero-order valence-electron chi connectivity index (χ0n) is 10.8. The molecule has 0 aliphatic heterocycles. The highest BCUT2D eigenvalue weighted by Gasteiger charge is 2.17. The van der Waals surface area contributed by atoms with E-state index in [1.807, 2.05) is 0 Å². The number of nitro groups is 2. The monoisotopic (exact) mass is 365 g/mol. The summed E-state index contributed by atoms with van der Waals surface area (Å²) in [5, 5.41) is 31.3. The highest BCUT2D eigenvalue weighted by atomic mass is 79.9. The lowest BCUT2D eigenvalue weighted by Gasteiger charge is -2.01. The van der Waals surface area contributed by atoms with E-state index in [0.717, 1.165) is 0 Å². The Morgan fingerprint density at radius 3 is 2.50 bits per heavy atom. The number of non-ortho nitro benzene ring substituents is 1. The molecule has 2 aromatic rings. The van der Waals surface area contributed by atoms with Crippen LogP contribution in [0.15, 0.2) is 45.9 Å². The van der Waals surface area contributed by atoms with Crippen molar-refractivity contribution < 1.29 is 15.0 Å². The largest absolute Gasteiger partial charge is 0.502 e. The van der Waals surface area contributed by atoms with Gasteiger partial charge in [0.2, 0.25) is 5.75 Å². The van der Waals surface area contributed by atoms with Gasteiger partial charge in [-0.3, -0.25) is 25.2 Å². The number of phenolic OH excluding ortho intramolecular Hbond substituents is 1. The Morgan fingerprint density at radius 1 is 1.14 bits per heavy atom. The standard InChI is InChI=1S/C13H8BrN3O5/c14-9-4-8(13(18)12(5-9)17(21)22)7-15-10-2-1-3-11(6-10)16(19)20/h1-7,18H/b15-7+. The molecule has 0 spiro atoms. The fourth-order valence-corrected chi connectivity index (χ4v) is 2.14. The summed E-state index contributed by atoms with van der Waals surface area (Å²) in [6.07, 6.45) is 1.20. The van der Waals surface area contributed by atoms with Crippen LogP contribution in [0.5, 0.6) is 5.75 Å². The highest BCUT2D eigenvalue weighted by Crippen LogP contribution is 2.32. The number of aliphatic imine (C=N–C) groups is 1. The van der Waals surface area contributed by atoms with Crippen LogP contribution in [-0.2, 0) is 0 Å². The number of nitrogens with zero attached hydrogens (tertiary/aromatic N) is 3. The van der Waals surface area contributed by atoms with Gasteiger partial charge in [0.15, 0.2) is 0 Å². The molecule has 0 saturated heterocycles. The van der Waals surface area contributed by atoms with Crippen LogP contribution in [0.1, 0.15) is 5.56 Å². The molecule has 0 aliphatic rings. The Kier molecular flexibility index (Phi) is 4.47. The van der Waals surface area contributed by atoms with Crippen molar-refractivity contribution in [2.45, 2.75) is 0 Å². The van der Waals surface area contributed by atoms with E-state index in [9.17, 15) is 25.3 Å². The van der Waals surface area contributed by atoms with E-state index in [0.29, 0.717) is 4.47 Å². The molecule has 0 heterocycles. The Bertz CT molecular complexity index is 791. The first-order chi connectivity index (χ1) is 10.4. The summed E-state index contributed by atoms with van der Waals surface area (Å²) >= 11 is 3.11. The maximum atomic E-state index is 10.8. The Morgan fingerprint density at radius 2 is 1.86 bits per heavy atom. The van der Waals surface area contributed by atoms with Gasteiger partial charge in [-0.2, -0.15) is 0 Å². The second-order valence-corrected chi connectivity index (χ2v) is 5.07. The highest BCUT2D eigenvalue weighted by molar-refractivity contribution is 9.10. The van der Waals surface area contributed by atoms with E-state index in [2.05, 4.69) is 20.9 Å². The quantitative estimate of drug-likeness (QED) is 0.502. The zero-order valence-corrected chi connectivity index (χ0v) is 12.4. The summed E-state index contributed by atoms with van der Waals surface area (Å²) in [6.45, 7) is 0. The zero-order chi connectivity index (χ0) is 16.3. The van der Waals surface area contributed by atoms with E-state index in [1.54, 1.807) is 0 Å². The van der Waals surface area contributed by atoms with E-state index >= 15 is 0 Å². The topological polar surface area (TPSA) is 119 Å². The predicted octanol–water partition coefficient (Wildman–Crippen LogP) is 3.72. The van der Waals surface area contributed by atoms with Gasteiger partial charge in [0.25, 0.3) is 5.69 Å². The summed E-state index contributed by atoms with van der Waals surface area (Å²) in [5.41, 5.74) is -0.183. The van der Waals surface area contributed by atoms with Gasteiger partial charge in [-0.1, -0.05) is 22.0 Å². The molecule has 112 valence electrons. The van der Waals surface area contributed by atoms with Gasteiger partial charge in [0, 0.05) is 34.4 Å². The smallest absolute Gasteiger partial charge is 0.312 e. The third-order valence-corrected chi connectivity index (χ3v) is 3.13. The van der Waals surface area contributed by atoms with Crippen LogP contribution in [0.25, 0.3) is 0 Å². The third-order valence-electron chi connectivity index (χ3n) is 2.67. The number of nitro benzene ring substituents is 2. The van der Waals surface area contributed by atoms with Gasteiger partial charge in [-0.15, -0.1) is 0 Å². The first kappa shape index (κ1) is 15.6. The molecule has 0 saturated carbocycles. The molecule has 22 heavy (non-hydrogen) atoms. The van der Waals surface area contributed by atoms with Crippen molar-refractivity contribution in [2.75, 3.05) is 0 Å². The molecular weight excluding hydrogens is 358 g/mol. The number of hydrogen-bond acceptors (Lipinski definition) is 6. The molecule has 0 atom stereocenters. The average Bonchev–Trinajstić information content (AvgIpc) is 2.47. The summed E-state index contributed by atoms with van der Waals surface area (Å²) in [7, 11) is 0. The number of rotatable bonds is 4. The number of halogens is 1. The third kappa shape index (κ3) is 3.44. The molecule has 0 fully saturated rings. The van der Waals surface area contributed by atoms with Gasteiger partial charge in [-0.05, 0) is 12.1 Å². The molecule has 0 radical (unpaired) electrons. The molecule has 0 aliphatic carbocycles. The maximum absolute atomic E-state index is 10.8. The molecule has 0 bridgehead atoms. The van der Waals surface area contributed by atoms with Crippen molar-refractivity contribution in [3.63, 3.8) is 0 Å². The predicted molar refractivity (Wildman–Crippen MR) is 82.8 cm³/mol. The Labute approximate surface area is 132 Å². The Balaban J connectivity index is 2.40. The number of hydrogen-bond donors (Lipinski definition) is 1. The minimum absolute atomic E-state index is 0.118. The Hall–Kier alpha value is -2.81. The van der Waals surface area contributed by atoms with E-state index in [1.165, 1.54) is 42.6 Å². The lowest BCUT2D eigenvalue weighted by Crippen LogP contribution is -1.92. The molecule has 8 nitrogen and oxygen atoms in total. The lowest BCUT2D eigenvalue weighted by atomic mass is 10.2. The average molecular weight is 366 g/mol. The summed E-state index contributed by atoms with van der Waals surface area (Å²) in [5.74, 6) is -0.526. The SMILES string of the molecule is O=[N+]([O-])c1cccc(/N=C/c2cc(Br)cc([N+](=O)[O-])c2O)c1. The van der Waals surface area contributed by atoms with Gasteiger partial charge in [0.05, 0.1) is 15.5 Å². The van der Waals surface area contributed by atoms with E-state index < -0.39 is 21.3 Å². The summed E-state index contributed by atoms with van der Waals surface area (Å²) in [6, 6.07) is 8.19. The van der Waals surface area contributed by atoms with Crippen LogP contribution >= 0.6 is 15.9 Å². The summed E-state index contributed by atoms with van der Waals surface area (Å²) < 4.78 is 0.400. The van der Waals surface area contributed by atoms with Crippen molar-refractivity contribution >= 4 is 39.2 Å². The normalized spacial score (nSPS) is 10.8. The van der Waals surface area contributed by atoms with E-state index in [-0.39, 0.29) is 16.9 Å². The molecule has 2 aromatic carbocycles. The van der Waals surface area contributed by atoms with Gasteiger partial charge >= 0.3 is 5.69 Å². The van der Waals surface area contributed by atoms with Crippen LogP contribution in [-0.4, -0.2) is 21.2 Å². The van der Waals surface area contributed by atoms with Crippen molar-refractivity contribution in [1.29, 1.82) is 0 Å². The van der Waals surface area contributed by atoms with Gasteiger partial charge in [0.1, 0.15) is 0 Å². The van der Waals surface area contributed by atoms with Crippen molar-refractivity contribution in [1.82, 2.24) is 0 Å². The minimum Gasteiger partial charge on any atom is -0.502 e. The minimum atomic E-state index is -0.717. The number of aromatic hydroxyl groups is 1. The number of benzene rings is 2. The van der Waals surface area contributed by atoms with Crippen molar-refractivity contribution in [3.05, 3.63) is 66.7 Å². The van der Waals surface area contributed by atoms with Gasteiger partial charge < -0.3 is 5.11 Å². The van der Waals surface area contributed by atoms with Crippen molar-refractivity contribution in [2.24, 2.45) is 4.99 Å². The molecule has 1 N–H and O–H groups in total. The van der Waals surface area contributed by atoms with Crippen LogP contribution in [0.2, 0.25) is 0 Å². The first-order valence-corrected chi connectivity index (χ1v) is 6.63. The van der Waals surface area contributed by atoms with E-state index in [4.69, 9.17) is 0 Å². The maximum Gasteiger partial charge on any atom is 0.312 e. The van der Waals surface area contributed by atoms with Gasteiger partial charge in [-0.25, -0.2) is 0 Å². The molecule has 0 unspecified atom stereocenters. The molecule has 0 amide bonds. The second kappa shape index (κ2) is 6.31. The fourth-order valence-electron chi connectivity index (χ4n) is 1.67. The lowest BCUT2D eigenvalue weighted by molar-refractivity contribution is -0.386. The van der Waals surface area contributed by atoms with Crippen molar-refractivity contribution in [3.8, 4) is 5.75 Å². The molecule has 0 aromatic heterocycles. The molecular formula is C13H8BrN3O5. The second-order valence-electron chi connectivity index (χ2n) is 4.16. The van der Waals surface area contributed by atoms with Crippen LogP contribution in [0.4, 0.5) is 17.1 Å². The number of phenols is 1. The van der Waals surface area contributed by atoms with Crippen LogP contribution in [0, 0.1) is 20.2 Å². The first-order valence-electron chi connectivity index (χ1n) is 5.84. The summed E-state index contributed by atoms with van der Waals surface area (Å²) in [4.78, 5) is 24.2. The molecule has 9 heteroatoms. The van der Waals surface area contributed by atoms with Crippen LogP contribution in [0.3, 0.4) is 0 Å².